The molecule has 1 aliphatic rings. The lowest BCUT2D eigenvalue weighted by atomic mass is 9.64. The molecule has 4 N–H and O–H groups in total. The zero-order chi connectivity index (χ0) is 18.0. The number of aromatic nitrogens is 1. The van der Waals surface area contributed by atoms with Gasteiger partial charge in [0.1, 0.15) is 5.75 Å². The fraction of sp³-hybridized carbons (Fsp3) is 0.235. The van der Waals surface area contributed by atoms with Gasteiger partial charge in [0.25, 0.3) is 0 Å². The summed E-state index contributed by atoms with van der Waals surface area (Å²) in [4.78, 5) is 27.7. The number of nitrogens with two attached hydrogens (primary N) is 1. The van der Waals surface area contributed by atoms with Crippen molar-refractivity contribution >= 4 is 18.9 Å². The summed E-state index contributed by atoms with van der Waals surface area (Å²) < 4.78 is 5.41. The molecule has 0 amide bonds. The quantitative estimate of drug-likeness (QED) is 0.554. The average Bonchev–Trinajstić information content (AvgIpc) is 2.61. The minimum absolute atomic E-state index is 0.00109. The summed E-state index contributed by atoms with van der Waals surface area (Å²) in [6, 6.07) is 6.46. The summed E-state index contributed by atoms with van der Waals surface area (Å²) in [7, 11) is -1.25. The van der Waals surface area contributed by atoms with Crippen LogP contribution in [-0.2, 0) is 13.0 Å². The molecule has 0 bridgehead atoms. The molecule has 1 unspecified atom stereocenters. The molecule has 8 heteroatoms. The molecule has 0 spiro atoms. The Hall–Kier alpha value is -2.71. The van der Waals surface area contributed by atoms with Gasteiger partial charge in [-0.25, -0.2) is 4.79 Å². The SMILES string of the molecule is NCc1cncc(C(=O)CC2Cc3cccc(C(=O)O)c3OB2O)c1. The molecular formula is C17H17BN2O5. The van der Waals surface area contributed by atoms with E-state index in [-0.39, 0.29) is 30.1 Å². The van der Waals surface area contributed by atoms with Crippen LogP contribution in [0.4, 0.5) is 0 Å². The number of carboxylic acid groups (broad SMARTS) is 1. The van der Waals surface area contributed by atoms with Crippen molar-refractivity contribution in [3.05, 3.63) is 58.9 Å². The predicted octanol–water partition coefficient (Wildman–Crippen LogP) is 1.30. The number of carbonyl (C=O) groups excluding carboxylic acids is 1. The number of carboxylic acids is 1. The van der Waals surface area contributed by atoms with E-state index in [1.807, 2.05) is 0 Å². The van der Waals surface area contributed by atoms with E-state index in [0.29, 0.717) is 17.5 Å². The normalized spacial score (nSPS) is 16.1. The Morgan fingerprint density at radius 1 is 1.36 bits per heavy atom. The Kier molecular flexibility index (Phi) is 4.82. The number of fused-ring (bicyclic) bond motifs is 1. The summed E-state index contributed by atoms with van der Waals surface area (Å²) in [5.41, 5.74) is 7.41. The molecule has 128 valence electrons. The van der Waals surface area contributed by atoms with Gasteiger partial charge in [0.05, 0.1) is 5.56 Å². The minimum Gasteiger partial charge on any atom is -0.535 e. The van der Waals surface area contributed by atoms with E-state index >= 15 is 0 Å². The van der Waals surface area contributed by atoms with Crippen LogP contribution in [0.1, 0.15) is 38.3 Å². The topological polar surface area (TPSA) is 123 Å². The van der Waals surface area contributed by atoms with Gasteiger partial charge in [0.2, 0.25) is 0 Å². The van der Waals surface area contributed by atoms with E-state index in [1.54, 1.807) is 24.4 Å². The number of hydrogen-bond acceptors (Lipinski definition) is 6. The Morgan fingerprint density at radius 2 is 2.16 bits per heavy atom. The molecule has 3 rings (SSSR count). The first-order valence-corrected chi connectivity index (χ1v) is 7.86. The second kappa shape index (κ2) is 7.04. The van der Waals surface area contributed by atoms with Crippen molar-refractivity contribution in [1.29, 1.82) is 0 Å². The van der Waals surface area contributed by atoms with Gasteiger partial charge in [-0.1, -0.05) is 12.1 Å². The standard InChI is InChI=1S/C17H17BN2O5/c19-7-10-4-12(9-20-8-10)15(21)6-13-5-11-2-1-3-14(17(22)23)16(11)25-18(13)24/h1-4,8-9,13,24H,5-7,19H2,(H,22,23). The van der Waals surface area contributed by atoms with Crippen LogP contribution in [-0.4, -0.2) is 34.0 Å². The molecule has 0 aliphatic carbocycles. The van der Waals surface area contributed by atoms with E-state index in [2.05, 4.69) is 4.98 Å². The van der Waals surface area contributed by atoms with Crippen LogP contribution in [0.15, 0.2) is 36.7 Å². The Labute approximate surface area is 144 Å². The zero-order valence-corrected chi connectivity index (χ0v) is 13.4. The van der Waals surface area contributed by atoms with Crippen LogP contribution in [0.2, 0.25) is 5.82 Å². The number of carbonyl (C=O) groups is 2. The average molecular weight is 340 g/mol. The molecule has 0 radical (unpaired) electrons. The highest BCUT2D eigenvalue weighted by Crippen LogP contribution is 2.36. The van der Waals surface area contributed by atoms with Crippen LogP contribution in [0.25, 0.3) is 0 Å². The first kappa shape index (κ1) is 17.1. The van der Waals surface area contributed by atoms with Gasteiger partial charge in [0.15, 0.2) is 5.78 Å². The van der Waals surface area contributed by atoms with Crippen molar-refractivity contribution in [2.75, 3.05) is 0 Å². The lowest BCUT2D eigenvalue weighted by molar-refractivity contribution is 0.0693. The van der Waals surface area contributed by atoms with Gasteiger partial charge in [-0.15, -0.1) is 0 Å². The maximum atomic E-state index is 12.5. The number of Topliss-reactive ketones (excluding diaryl/α,β-unsaturated/α-hetero) is 1. The molecule has 2 heterocycles. The summed E-state index contributed by atoms with van der Waals surface area (Å²) in [6.45, 7) is 0.286. The predicted molar refractivity (Wildman–Crippen MR) is 90.5 cm³/mol. The van der Waals surface area contributed by atoms with Crippen LogP contribution < -0.4 is 10.4 Å². The number of rotatable bonds is 5. The third-order valence-corrected chi connectivity index (χ3v) is 4.25. The number of pyridine rings is 1. The van der Waals surface area contributed by atoms with Gasteiger partial charge in [-0.3, -0.25) is 9.78 Å². The van der Waals surface area contributed by atoms with Gasteiger partial charge >= 0.3 is 13.1 Å². The third-order valence-electron chi connectivity index (χ3n) is 4.25. The van der Waals surface area contributed by atoms with Crippen molar-refractivity contribution in [2.24, 2.45) is 5.73 Å². The largest absolute Gasteiger partial charge is 0.535 e. The number of benzene rings is 1. The molecule has 0 saturated heterocycles. The van der Waals surface area contributed by atoms with Crippen molar-refractivity contribution in [1.82, 2.24) is 4.98 Å². The number of ketones is 1. The van der Waals surface area contributed by atoms with Crippen LogP contribution >= 0.6 is 0 Å². The smallest absolute Gasteiger partial charge is 0.526 e. The minimum atomic E-state index is -1.25. The summed E-state index contributed by atoms with van der Waals surface area (Å²) >= 11 is 0. The molecule has 2 aromatic rings. The molecule has 1 atom stereocenters. The molecule has 1 aliphatic heterocycles. The van der Waals surface area contributed by atoms with Crippen molar-refractivity contribution in [2.45, 2.75) is 25.2 Å². The number of para-hydroxylation sites is 1. The zero-order valence-electron chi connectivity index (χ0n) is 13.4. The highest BCUT2D eigenvalue weighted by Gasteiger charge is 2.37. The summed E-state index contributed by atoms with van der Waals surface area (Å²) in [5, 5.41) is 19.4. The number of nitrogens with zero attached hydrogens (tertiary/aromatic N) is 1. The Balaban J connectivity index is 1.79. The monoisotopic (exact) mass is 340 g/mol. The third kappa shape index (κ3) is 3.54. The molecule has 1 aromatic heterocycles. The van der Waals surface area contributed by atoms with Gasteiger partial charge in [-0.05, 0) is 29.7 Å². The van der Waals surface area contributed by atoms with Crippen LogP contribution in [0, 0.1) is 0 Å². The lowest BCUT2D eigenvalue weighted by Gasteiger charge is -2.28. The van der Waals surface area contributed by atoms with Crippen molar-refractivity contribution in [3.8, 4) is 5.75 Å². The van der Waals surface area contributed by atoms with Crippen LogP contribution in [0.3, 0.4) is 0 Å². The molecule has 25 heavy (non-hydrogen) atoms. The second-order valence-electron chi connectivity index (χ2n) is 5.98. The highest BCUT2D eigenvalue weighted by molar-refractivity contribution is 6.47. The van der Waals surface area contributed by atoms with E-state index in [4.69, 9.17) is 10.4 Å². The van der Waals surface area contributed by atoms with Crippen LogP contribution in [0.5, 0.6) is 5.75 Å². The van der Waals surface area contributed by atoms with E-state index in [0.717, 1.165) is 5.56 Å². The first-order valence-electron chi connectivity index (χ1n) is 7.86. The Morgan fingerprint density at radius 3 is 2.88 bits per heavy atom. The van der Waals surface area contributed by atoms with Gasteiger partial charge in [-0.2, -0.15) is 0 Å². The number of hydrogen-bond donors (Lipinski definition) is 3. The molecule has 0 fully saturated rings. The van der Waals surface area contributed by atoms with E-state index < -0.39 is 18.9 Å². The first-order chi connectivity index (χ1) is 12.0. The maximum Gasteiger partial charge on any atom is 0.526 e. The van der Waals surface area contributed by atoms with E-state index in [1.165, 1.54) is 12.3 Å². The molecule has 7 nitrogen and oxygen atoms in total. The highest BCUT2D eigenvalue weighted by atomic mass is 16.5. The fourth-order valence-corrected chi connectivity index (χ4v) is 2.93. The molecule has 0 saturated carbocycles. The van der Waals surface area contributed by atoms with Crippen molar-refractivity contribution < 1.29 is 24.4 Å². The fourth-order valence-electron chi connectivity index (χ4n) is 2.93. The van der Waals surface area contributed by atoms with Crippen molar-refractivity contribution in [3.63, 3.8) is 0 Å². The number of aromatic carboxylic acids is 1. The second-order valence-corrected chi connectivity index (χ2v) is 5.98. The van der Waals surface area contributed by atoms with E-state index in [9.17, 15) is 19.7 Å². The molecular weight excluding hydrogens is 323 g/mol. The maximum absolute atomic E-state index is 12.5. The van der Waals surface area contributed by atoms with Gasteiger partial charge in [0, 0.05) is 36.7 Å². The summed E-state index contributed by atoms with van der Waals surface area (Å²) in [5.74, 6) is -1.60. The van der Waals surface area contributed by atoms with Gasteiger partial charge < -0.3 is 20.5 Å². The Bertz CT molecular complexity index is 826. The molecule has 1 aromatic carbocycles. The summed E-state index contributed by atoms with van der Waals surface area (Å²) in [6.07, 6.45) is 3.48. The lowest BCUT2D eigenvalue weighted by Crippen LogP contribution is -2.35.